The van der Waals surface area contributed by atoms with Crippen LogP contribution in [0.15, 0.2) is 24.3 Å². The molecule has 0 saturated carbocycles. The van der Waals surface area contributed by atoms with Gasteiger partial charge in [0.05, 0.1) is 18.5 Å². The van der Waals surface area contributed by atoms with Gasteiger partial charge in [0.15, 0.2) is 0 Å². The Bertz CT molecular complexity index is 681. The number of anilines is 1. The summed E-state index contributed by atoms with van der Waals surface area (Å²) in [4.78, 5) is 12.0. The zero-order valence-corrected chi connectivity index (χ0v) is 14.8. The Morgan fingerprint density at radius 3 is 2.54 bits per heavy atom. The van der Waals surface area contributed by atoms with Crippen molar-refractivity contribution in [3.05, 3.63) is 35.5 Å². The lowest BCUT2D eigenvalue weighted by molar-refractivity contribution is 0.415. The Hall–Kier alpha value is -2.14. The van der Waals surface area contributed by atoms with Crippen LogP contribution in [0.3, 0.4) is 0 Å². The Kier molecular flexibility index (Phi) is 5.30. The Balaban J connectivity index is 2.11. The van der Waals surface area contributed by atoms with Crippen LogP contribution in [0.1, 0.15) is 31.5 Å². The third kappa shape index (κ3) is 3.36. The lowest BCUT2D eigenvalue weighted by Gasteiger charge is -2.22. The molecule has 0 saturated heterocycles. The number of nitrogens with zero attached hydrogens (tertiary/aromatic N) is 3. The molecule has 5 nitrogen and oxygen atoms in total. The largest absolute Gasteiger partial charge is 0.497 e. The van der Waals surface area contributed by atoms with Crippen LogP contribution >= 0.6 is 0 Å². The van der Waals surface area contributed by atoms with Crippen molar-refractivity contribution in [3.63, 3.8) is 0 Å². The minimum absolute atomic E-state index is 0.829. The van der Waals surface area contributed by atoms with Gasteiger partial charge in [0.1, 0.15) is 5.75 Å². The molecule has 0 unspecified atom stereocenters. The van der Waals surface area contributed by atoms with E-state index in [4.69, 9.17) is 14.7 Å². The van der Waals surface area contributed by atoms with Gasteiger partial charge in [-0.3, -0.25) is 0 Å². The van der Waals surface area contributed by atoms with Gasteiger partial charge in [-0.25, -0.2) is 9.97 Å². The van der Waals surface area contributed by atoms with Gasteiger partial charge in [-0.05, 0) is 57.5 Å². The molecular weight excluding hydrogens is 300 g/mol. The highest BCUT2D eigenvalue weighted by molar-refractivity contribution is 5.66. The van der Waals surface area contributed by atoms with E-state index in [0.29, 0.717) is 0 Å². The van der Waals surface area contributed by atoms with E-state index < -0.39 is 0 Å². The van der Waals surface area contributed by atoms with Crippen LogP contribution in [0, 0.1) is 0 Å². The van der Waals surface area contributed by atoms with Crippen molar-refractivity contribution in [3.8, 4) is 17.0 Å². The molecule has 0 fully saturated rings. The van der Waals surface area contributed by atoms with Crippen molar-refractivity contribution in [2.45, 2.75) is 33.2 Å². The van der Waals surface area contributed by atoms with Gasteiger partial charge >= 0.3 is 0 Å². The van der Waals surface area contributed by atoms with Crippen LogP contribution in [-0.4, -0.2) is 36.7 Å². The van der Waals surface area contributed by atoms with Crippen molar-refractivity contribution in [2.24, 2.45) is 0 Å². The second-order valence-corrected chi connectivity index (χ2v) is 5.98. The third-order valence-corrected chi connectivity index (χ3v) is 4.56. The fourth-order valence-electron chi connectivity index (χ4n) is 3.14. The van der Waals surface area contributed by atoms with Gasteiger partial charge < -0.3 is 15.0 Å². The predicted molar refractivity (Wildman–Crippen MR) is 97.6 cm³/mol. The molecule has 1 aromatic carbocycles. The van der Waals surface area contributed by atoms with Crippen molar-refractivity contribution in [2.75, 3.05) is 31.6 Å². The molecule has 1 aromatic heterocycles. The number of hydrogen-bond donors (Lipinski definition) is 1. The van der Waals surface area contributed by atoms with Gasteiger partial charge in [-0.15, -0.1) is 0 Å². The van der Waals surface area contributed by atoms with E-state index in [2.05, 4.69) is 36.2 Å². The summed E-state index contributed by atoms with van der Waals surface area (Å²) in [6, 6.07) is 8.15. The molecule has 0 amide bonds. The molecule has 3 rings (SSSR count). The fraction of sp³-hybridized carbons (Fsp3) is 0.474. The second-order valence-electron chi connectivity index (χ2n) is 5.98. The molecule has 1 N–H and O–H groups in total. The van der Waals surface area contributed by atoms with Crippen LogP contribution in [0.2, 0.25) is 0 Å². The van der Waals surface area contributed by atoms with E-state index in [0.717, 1.165) is 62.0 Å². The summed E-state index contributed by atoms with van der Waals surface area (Å²) in [5.74, 6) is 1.70. The zero-order valence-electron chi connectivity index (χ0n) is 14.8. The minimum atomic E-state index is 0.829. The van der Waals surface area contributed by atoms with Crippen LogP contribution in [0.5, 0.6) is 5.75 Å². The highest BCUT2D eigenvalue weighted by Gasteiger charge is 2.19. The first-order valence-corrected chi connectivity index (χ1v) is 8.76. The average molecular weight is 326 g/mol. The summed E-state index contributed by atoms with van der Waals surface area (Å²) in [6.07, 6.45) is 2.12. The smallest absolute Gasteiger partial charge is 0.226 e. The van der Waals surface area contributed by atoms with Gasteiger partial charge in [-0.2, -0.15) is 0 Å². The van der Waals surface area contributed by atoms with E-state index in [-0.39, 0.29) is 0 Å². The number of nitrogens with one attached hydrogen (secondary N) is 1. The molecule has 1 aliphatic heterocycles. The molecule has 1 aliphatic rings. The van der Waals surface area contributed by atoms with Crippen molar-refractivity contribution in [1.29, 1.82) is 0 Å². The normalized spacial score (nSPS) is 14.0. The number of methoxy groups -OCH3 is 1. The van der Waals surface area contributed by atoms with E-state index in [1.165, 1.54) is 11.3 Å². The topological polar surface area (TPSA) is 50.3 Å². The van der Waals surface area contributed by atoms with Crippen LogP contribution in [-0.2, 0) is 13.0 Å². The average Bonchev–Trinajstić information content (AvgIpc) is 2.88. The summed E-state index contributed by atoms with van der Waals surface area (Å²) < 4.78 is 5.28. The highest BCUT2D eigenvalue weighted by atomic mass is 16.5. The van der Waals surface area contributed by atoms with Gasteiger partial charge in [-0.1, -0.05) is 0 Å². The van der Waals surface area contributed by atoms with Crippen molar-refractivity contribution in [1.82, 2.24) is 15.3 Å². The number of fused-ring (bicyclic) bond motifs is 1. The summed E-state index contributed by atoms with van der Waals surface area (Å²) in [7, 11) is 1.69. The number of hydrogen-bond acceptors (Lipinski definition) is 5. The van der Waals surface area contributed by atoms with Gasteiger partial charge in [0.25, 0.3) is 0 Å². The van der Waals surface area contributed by atoms with E-state index in [1.807, 2.05) is 12.1 Å². The quantitative estimate of drug-likeness (QED) is 0.915. The zero-order chi connectivity index (χ0) is 16.9. The molecule has 2 heterocycles. The summed E-state index contributed by atoms with van der Waals surface area (Å²) in [5.41, 5.74) is 4.57. The first-order chi connectivity index (χ1) is 11.8. The standard InChI is InChI=1S/C19H26N4O/c1-4-23(5-2)19-21-17-7-6-12-20-13-16(17)18(22-19)14-8-10-15(24-3)11-9-14/h8-11,20H,4-7,12-13H2,1-3H3. The van der Waals surface area contributed by atoms with E-state index in [1.54, 1.807) is 7.11 Å². The summed E-state index contributed by atoms with van der Waals surface area (Å²) >= 11 is 0. The SMILES string of the molecule is CCN(CC)c1nc2c(c(-c3ccc(OC)cc3)n1)CNCCC2. The van der Waals surface area contributed by atoms with Crippen LogP contribution in [0.4, 0.5) is 5.95 Å². The molecule has 0 bridgehead atoms. The monoisotopic (exact) mass is 326 g/mol. The molecule has 0 spiro atoms. The van der Waals surface area contributed by atoms with Crippen molar-refractivity contribution >= 4 is 5.95 Å². The number of ether oxygens (including phenoxy) is 1. The van der Waals surface area contributed by atoms with E-state index in [9.17, 15) is 0 Å². The molecule has 2 aromatic rings. The molecule has 0 aliphatic carbocycles. The summed E-state index contributed by atoms with van der Waals surface area (Å²) in [5, 5.41) is 3.49. The fourth-order valence-corrected chi connectivity index (χ4v) is 3.14. The maximum atomic E-state index is 5.28. The molecule has 0 atom stereocenters. The molecule has 5 heteroatoms. The number of aromatic nitrogens is 2. The lowest BCUT2D eigenvalue weighted by Crippen LogP contribution is -2.25. The molecule has 0 radical (unpaired) electrons. The Morgan fingerprint density at radius 2 is 1.88 bits per heavy atom. The molecular formula is C19H26N4O. The molecule has 128 valence electrons. The predicted octanol–water partition coefficient (Wildman–Crippen LogP) is 3.03. The molecule has 24 heavy (non-hydrogen) atoms. The lowest BCUT2D eigenvalue weighted by atomic mass is 10.0. The number of benzene rings is 1. The van der Waals surface area contributed by atoms with Crippen LogP contribution < -0.4 is 15.0 Å². The second kappa shape index (κ2) is 7.62. The third-order valence-electron chi connectivity index (χ3n) is 4.56. The first-order valence-electron chi connectivity index (χ1n) is 8.76. The van der Waals surface area contributed by atoms with Crippen molar-refractivity contribution < 1.29 is 4.74 Å². The Labute approximate surface area is 144 Å². The Morgan fingerprint density at radius 1 is 1.12 bits per heavy atom. The first kappa shape index (κ1) is 16.7. The highest BCUT2D eigenvalue weighted by Crippen LogP contribution is 2.29. The number of rotatable bonds is 5. The minimum Gasteiger partial charge on any atom is -0.497 e. The summed E-state index contributed by atoms with van der Waals surface area (Å²) in [6.45, 7) is 7.97. The maximum Gasteiger partial charge on any atom is 0.226 e. The van der Waals surface area contributed by atoms with Gasteiger partial charge in [0, 0.05) is 30.8 Å². The van der Waals surface area contributed by atoms with E-state index >= 15 is 0 Å². The van der Waals surface area contributed by atoms with Crippen LogP contribution in [0.25, 0.3) is 11.3 Å². The maximum absolute atomic E-state index is 5.28. The van der Waals surface area contributed by atoms with Gasteiger partial charge in [0.2, 0.25) is 5.95 Å². The number of aryl methyl sites for hydroxylation is 1.